The summed E-state index contributed by atoms with van der Waals surface area (Å²) in [6.07, 6.45) is 3.41. The molecule has 0 aromatic carbocycles. The molecule has 3 N–H and O–H groups in total. The molecule has 1 saturated carbocycles. The van der Waals surface area contributed by atoms with Crippen LogP contribution in [0.5, 0.6) is 0 Å². The molecule has 1 aliphatic carbocycles. The number of aryl methyl sites for hydroxylation is 2. The number of hydrazine groups is 1. The molecule has 0 bridgehead atoms. The first-order valence-corrected chi connectivity index (χ1v) is 6.23. The maximum absolute atomic E-state index is 6.27. The van der Waals surface area contributed by atoms with Crippen LogP contribution < -0.4 is 11.3 Å². The first kappa shape index (κ1) is 11.9. The molecule has 0 radical (unpaired) electrons. The van der Waals surface area contributed by atoms with Gasteiger partial charge >= 0.3 is 0 Å². The molecule has 16 heavy (non-hydrogen) atoms. The molecular formula is C11H19ClN4. The van der Waals surface area contributed by atoms with Crippen LogP contribution in [0.15, 0.2) is 0 Å². The second-order valence-electron chi connectivity index (χ2n) is 4.48. The quantitative estimate of drug-likeness (QED) is 0.610. The fraction of sp³-hybridized carbons (Fsp3) is 0.727. The van der Waals surface area contributed by atoms with E-state index >= 15 is 0 Å². The lowest BCUT2D eigenvalue weighted by Crippen LogP contribution is -2.39. The SMILES string of the molecule is CCn1nc(C)c(Cl)c1CC(NN)C1CC1. The van der Waals surface area contributed by atoms with Crippen LogP contribution in [0.1, 0.15) is 31.2 Å². The Morgan fingerprint density at radius 1 is 1.62 bits per heavy atom. The standard InChI is InChI=1S/C11H19ClN4/c1-3-16-10(11(12)7(2)15-16)6-9(14-13)8-4-5-8/h8-9,14H,3-6,13H2,1-2H3. The fourth-order valence-corrected chi connectivity index (χ4v) is 2.35. The lowest BCUT2D eigenvalue weighted by molar-refractivity contribution is 0.454. The van der Waals surface area contributed by atoms with Gasteiger partial charge in [0.15, 0.2) is 0 Å². The van der Waals surface area contributed by atoms with E-state index < -0.39 is 0 Å². The molecule has 1 atom stereocenters. The van der Waals surface area contributed by atoms with Gasteiger partial charge in [-0.05, 0) is 32.6 Å². The van der Waals surface area contributed by atoms with Crippen molar-refractivity contribution in [1.82, 2.24) is 15.2 Å². The highest BCUT2D eigenvalue weighted by molar-refractivity contribution is 6.31. The Morgan fingerprint density at radius 2 is 2.31 bits per heavy atom. The van der Waals surface area contributed by atoms with Crippen LogP contribution in [-0.4, -0.2) is 15.8 Å². The zero-order valence-electron chi connectivity index (χ0n) is 9.83. The highest BCUT2D eigenvalue weighted by Crippen LogP contribution is 2.35. The minimum absolute atomic E-state index is 0.332. The van der Waals surface area contributed by atoms with E-state index in [0.717, 1.165) is 29.4 Å². The van der Waals surface area contributed by atoms with Gasteiger partial charge < -0.3 is 0 Å². The number of nitrogens with one attached hydrogen (secondary N) is 1. The van der Waals surface area contributed by atoms with E-state index in [1.54, 1.807) is 0 Å². The van der Waals surface area contributed by atoms with Gasteiger partial charge in [-0.1, -0.05) is 11.6 Å². The van der Waals surface area contributed by atoms with E-state index in [0.29, 0.717) is 12.0 Å². The highest BCUT2D eigenvalue weighted by Gasteiger charge is 2.32. The molecule has 1 aliphatic rings. The van der Waals surface area contributed by atoms with Crippen LogP contribution in [0.3, 0.4) is 0 Å². The van der Waals surface area contributed by atoms with Crippen molar-refractivity contribution in [1.29, 1.82) is 0 Å². The Labute approximate surface area is 101 Å². The number of aromatic nitrogens is 2. The first-order chi connectivity index (χ1) is 7.67. The molecule has 0 saturated heterocycles. The molecule has 0 aliphatic heterocycles. The summed E-state index contributed by atoms with van der Waals surface area (Å²) in [5.74, 6) is 6.30. The largest absolute Gasteiger partial charge is 0.271 e. The summed E-state index contributed by atoms with van der Waals surface area (Å²) in [5, 5.41) is 5.21. The lowest BCUT2D eigenvalue weighted by Gasteiger charge is -2.15. The van der Waals surface area contributed by atoms with E-state index in [-0.39, 0.29) is 0 Å². The third-order valence-corrected chi connectivity index (χ3v) is 3.76. The second kappa shape index (κ2) is 4.73. The summed E-state index contributed by atoms with van der Waals surface area (Å²) in [7, 11) is 0. The van der Waals surface area contributed by atoms with Crippen LogP contribution in [0.25, 0.3) is 0 Å². The zero-order chi connectivity index (χ0) is 11.7. The fourth-order valence-electron chi connectivity index (χ4n) is 2.13. The molecule has 0 amide bonds. The number of hydrogen-bond acceptors (Lipinski definition) is 3. The molecule has 1 aromatic heterocycles. The van der Waals surface area contributed by atoms with Crippen molar-refractivity contribution in [2.45, 2.75) is 45.7 Å². The minimum atomic E-state index is 0.332. The Hall–Kier alpha value is -0.580. The predicted molar refractivity (Wildman–Crippen MR) is 65.2 cm³/mol. The summed E-state index contributed by atoms with van der Waals surface area (Å²) in [5.41, 5.74) is 4.92. The topological polar surface area (TPSA) is 55.9 Å². The van der Waals surface area contributed by atoms with Crippen molar-refractivity contribution >= 4 is 11.6 Å². The van der Waals surface area contributed by atoms with Gasteiger partial charge in [0.05, 0.1) is 16.4 Å². The monoisotopic (exact) mass is 242 g/mol. The van der Waals surface area contributed by atoms with Crippen LogP contribution in [0.2, 0.25) is 5.02 Å². The number of nitrogens with zero attached hydrogens (tertiary/aromatic N) is 2. The van der Waals surface area contributed by atoms with Gasteiger partial charge in [-0.15, -0.1) is 0 Å². The third-order valence-electron chi connectivity index (χ3n) is 3.27. The van der Waals surface area contributed by atoms with E-state index in [1.165, 1.54) is 12.8 Å². The summed E-state index contributed by atoms with van der Waals surface area (Å²) < 4.78 is 1.98. The highest BCUT2D eigenvalue weighted by atomic mass is 35.5. The third kappa shape index (κ3) is 2.24. The molecular weight excluding hydrogens is 224 g/mol. The molecule has 1 fully saturated rings. The Bertz CT molecular complexity index is 370. The van der Waals surface area contributed by atoms with Crippen molar-refractivity contribution in [3.8, 4) is 0 Å². The van der Waals surface area contributed by atoms with Crippen molar-refractivity contribution in [3.63, 3.8) is 0 Å². The van der Waals surface area contributed by atoms with Crippen LogP contribution in [0.4, 0.5) is 0 Å². The van der Waals surface area contributed by atoms with Crippen molar-refractivity contribution < 1.29 is 0 Å². The molecule has 4 nitrogen and oxygen atoms in total. The number of halogens is 1. The van der Waals surface area contributed by atoms with Crippen LogP contribution in [0, 0.1) is 12.8 Å². The normalized spacial score (nSPS) is 17.8. The average molecular weight is 243 g/mol. The molecule has 1 aromatic rings. The van der Waals surface area contributed by atoms with E-state index in [4.69, 9.17) is 17.4 Å². The van der Waals surface area contributed by atoms with Gasteiger partial charge in [0.25, 0.3) is 0 Å². The smallest absolute Gasteiger partial charge is 0.0847 e. The molecule has 5 heteroatoms. The maximum Gasteiger partial charge on any atom is 0.0847 e. The zero-order valence-corrected chi connectivity index (χ0v) is 10.6. The first-order valence-electron chi connectivity index (χ1n) is 5.85. The average Bonchev–Trinajstić information content (AvgIpc) is 3.07. The summed E-state index contributed by atoms with van der Waals surface area (Å²) in [6, 6.07) is 0.332. The van der Waals surface area contributed by atoms with Crippen molar-refractivity contribution in [2.75, 3.05) is 0 Å². The number of rotatable bonds is 5. The number of nitrogens with two attached hydrogens (primary N) is 1. The molecule has 90 valence electrons. The van der Waals surface area contributed by atoms with Crippen molar-refractivity contribution in [2.24, 2.45) is 11.8 Å². The second-order valence-corrected chi connectivity index (χ2v) is 4.85. The molecule has 1 heterocycles. The molecule has 0 spiro atoms. The summed E-state index contributed by atoms with van der Waals surface area (Å²) >= 11 is 6.27. The van der Waals surface area contributed by atoms with Gasteiger partial charge in [0, 0.05) is 19.0 Å². The predicted octanol–water partition coefficient (Wildman–Crippen LogP) is 1.65. The minimum Gasteiger partial charge on any atom is -0.271 e. The van der Waals surface area contributed by atoms with Gasteiger partial charge in [-0.3, -0.25) is 16.0 Å². The van der Waals surface area contributed by atoms with E-state index in [9.17, 15) is 0 Å². The Morgan fingerprint density at radius 3 is 2.81 bits per heavy atom. The lowest BCUT2D eigenvalue weighted by atomic mass is 10.1. The van der Waals surface area contributed by atoms with Gasteiger partial charge in [0.1, 0.15) is 0 Å². The van der Waals surface area contributed by atoms with Crippen molar-refractivity contribution in [3.05, 3.63) is 16.4 Å². The number of hydrogen-bond donors (Lipinski definition) is 2. The maximum atomic E-state index is 6.27. The van der Waals surface area contributed by atoms with Gasteiger partial charge in [-0.25, -0.2) is 0 Å². The summed E-state index contributed by atoms with van der Waals surface area (Å²) in [4.78, 5) is 0. The Balaban J connectivity index is 2.18. The Kier molecular flexibility index (Phi) is 3.52. The van der Waals surface area contributed by atoms with Gasteiger partial charge in [0.2, 0.25) is 0 Å². The van der Waals surface area contributed by atoms with Crippen LogP contribution >= 0.6 is 11.6 Å². The van der Waals surface area contributed by atoms with Crippen LogP contribution in [-0.2, 0) is 13.0 Å². The summed E-state index contributed by atoms with van der Waals surface area (Å²) in [6.45, 7) is 4.87. The van der Waals surface area contributed by atoms with E-state index in [1.807, 2.05) is 11.6 Å². The van der Waals surface area contributed by atoms with E-state index in [2.05, 4.69) is 17.4 Å². The molecule has 1 unspecified atom stereocenters. The van der Waals surface area contributed by atoms with Gasteiger partial charge in [-0.2, -0.15) is 5.10 Å². The molecule has 2 rings (SSSR count).